The van der Waals surface area contributed by atoms with E-state index in [0.717, 1.165) is 23.3 Å². The summed E-state index contributed by atoms with van der Waals surface area (Å²) in [5.41, 5.74) is 2.07. The summed E-state index contributed by atoms with van der Waals surface area (Å²) in [5, 5.41) is 0. The SMILES string of the molecule is FC(F)(F)c1cccc(-c2cc(-c3ccncc3)ccn2)c1. The lowest BCUT2D eigenvalue weighted by Crippen LogP contribution is -2.04. The average molecular weight is 300 g/mol. The van der Waals surface area contributed by atoms with Gasteiger partial charge in [0.2, 0.25) is 0 Å². The second-order valence-corrected chi connectivity index (χ2v) is 4.74. The van der Waals surface area contributed by atoms with Crippen molar-refractivity contribution in [3.8, 4) is 22.4 Å². The Bertz CT molecular complexity index is 783. The molecule has 3 aromatic rings. The van der Waals surface area contributed by atoms with E-state index < -0.39 is 11.7 Å². The summed E-state index contributed by atoms with van der Waals surface area (Å²) in [5.74, 6) is 0. The molecular weight excluding hydrogens is 289 g/mol. The fourth-order valence-electron chi connectivity index (χ4n) is 2.17. The molecule has 1 aromatic carbocycles. The van der Waals surface area contributed by atoms with Gasteiger partial charge in [-0.1, -0.05) is 12.1 Å². The van der Waals surface area contributed by atoms with Crippen molar-refractivity contribution in [2.45, 2.75) is 6.18 Å². The van der Waals surface area contributed by atoms with E-state index in [4.69, 9.17) is 0 Å². The van der Waals surface area contributed by atoms with Crippen LogP contribution in [0.1, 0.15) is 5.56 Å². The predicted molar refractivity (Wildman–Crippen MR) is 77.9 cm³/mol. The minimum absolute atomic E-state index is 0.436. The number of rotatable bonds is 2. The smallest absolute Gasteiger partial charge is 0.265 e. The molecule has 0 aliphatic heterocycles. The topological polar surface area (TPSA) is 25.8 Å². The van der Waals surface area contributed by atoms with Crippen molar-refractivity contribution in [1.29, 1.82) is 0 Å². The lowest BCUT2D eigenvalue weighted by Gasteiger charge is -2.09. The minimum Gasteiger partial charge on any atom is -0.265 e. The quantitative estimate of drug-likeness (QED) is 0.677. The van der Waals surface area contributed by atoms with Gasteiger partial charge in [0.15, 0.2) is 0 Å². The van der Waals surface area contributed by atoms with Crippen LogP contribution in [0.4, 0.5) is 13.2 Å². The maximum Gasteiger partial charge on any atom is 0.416 e. The van der Waals surface area contributed by atoms with Crippen molar-refractivity contribution in [2.24, 2.45) is 0 Å². The third kappa shape index (κ3) is 2.98. The highest BCUT2D eigenvalue weighted by molar-refractivity contribution is 5.70. The lowest BCUT2D eigenvalue weighted by molar-refractivity contribution is -0.137. The summed E-state index contributed by atoms with van der Waals surface area (Å²) >= 11 is 0. The Kier molecular flexibility index (Phi) is 3.63. The van der Waals surface area contributed by atoms with E-state index in [2.05, 4.69) is 9.97 Å². The third-order valence-corrected chi connectivity index (χ3v) is 3.26. The Labute approximate surface area is 125 Å². The number of aromatic nitrogens is 2. The standard InChI is InChI=1S/C17H11F3N2/c18-17(19,20)15-3-1-2-14(10-15)16-11-13(6-9-22-16)12-4-7-21-8-5-12/h1-11H. The highest BCUT2D eigenvalue weighted by Crippen LogP contribution is 2.32. The zero-order valence-electron chi connectivity index (χ0n) is 11.4. The Hall–Kier alpha value is -2.69. The molecule has 0 saturated carbocycles. The van der Waals surface area contributed by atoms with Crippen LogP contribution in [0.15, 0.2) is 67.1 Å². The van der Waals surface area contributed by atoms with Crippen molar-refractivity contribution in [2.75, 3.05) is 0 Å². The van der Waals surface area contributed by atoms with Crippen molar-refractivity contribution in [3.05, 3.63) is 72.7 Å². The molecule has 2 heterocycles. The molecule has 0 bridgehead atoms. The van der Waals surface area contributed by atoms with Crippen LogP contribution in [0.3, 0.4) is 0 Å². The molecule has 0 aliphatic rings. The van der Waals surface area contributed by atoms with Gasteiger partial charge in [-0.2, -0.15) is 13.2 Å². The van der Waals surface area contributed by atoms with Crippen LogP contribution in [-0.2, 0) is 6.18 Å². The molecule has 0 N–H and O–H groups in total. The van der Waals surface area contributed by atoms with Gasteiger partial charge in [0.25, 0.3) is 0 Å². The molecule has 110 valence electrons. The zero-order chi connectivity index (χ0) is 15.6. The number of pyridine rings is 2. The number of nitrogens with zero attached hydrogens (tertiary/aromatic N) is 2. The maximum atomic E-state index is 12.8. The first kappa shape index (κ1) is 14.3. The molecule has 0 spiro atoms. The van der Waals surface area contributed by atoms with Crippen LogP contribution in [0, 0.1) is 0 Å². The molecule has 0 atom stereocenters. The maximum absolute atomic E-state index is 12.8. The average Bonchev–Trinajstić information content (AvgIpc) is 2.55. The second-order valence-electron chi connectivity index (χ2n) is 4.74. The Balaban J connectivity index is 2.03. The van der Waals surface area contributed by atoms with E-state index >= 15 is 0 Å². The summed E-state index contributed by atoms with van der Waals surface area (Å²) in [6.45, 7) is 0. The van der Waals surface area contributed by atoms with E-state index in [-0.39, 0.29) is 0 Å². The molecule has 0 radical (unpaired) electrons. The van der Waals surface area contributed by atoms with Gasteiger partial charge in [0.05, 0.1) is 11.3 Å². The van der Waals surface area contributed by atoms with Crippen LogP contribution in [0.25, 0.3) is 22.4 Å². The molecule has 0 unspecified atom stereocenters. The summed E-state index contributed by atoms with van der Waals surface area (Å²) < 4.78 is 38.4. The number of hydrogen-bond acceptors (Lipinski definition) is 2. The van der Waals surface area contributed by atoms with E-state index in [1.807, 2.05) is 18.2 Å². The van der Waals surface area contributed by atoms with E-state index in [0.29, 0.717) is 11.3 Å². The molecule has 3 rings (SSSR count). The van der Waals surface area contributed by atoms with Crippen molar-refractivity contribution < 1.29 is 13.2 Å². The Morgan fingerprint density at radius 1 is 0.727 bits per heavy atom. The molecule has 22 heavy (non-hydrogen) atoms. The number of halogens is 3. The number of benzene rings is 1. The summed E-state index contributed by atoms with van der Waals surface area (Å²) in [6, 6.07) is 12.4. The molecule has 5 heteroatoms. The Morgan fingerprint density at radius 2 is 1.45 bits per heavy atom. The highest BCUT2D eigenvalue weighted by atomic mass is 19.4. The molecule has 2 nitrogen and oxygen atoms in total. The molecule has 0 aliphatic carbocycles. The van der Waals surface area contributed by atoms with E-state index in [1.54, 1.807) is 30.7 Å². The first-order chi connectivity index (χ1) is 10.5. The van der Waals surface area contributed by atoms with Crippen molar-refractivity contribution >= 4 is 0 Å². The van der Waals surface area contributed by atoms with Gasteiger partial charge in [-0.15, -0.1) is 0 Å². The molecule has 0 amide bonds. The van der Waals surface area contributed by atoms with Gasteiger partial charge >= 0.3 is 6.18 Å². The van der Waals surface area contributed by atoms with Crippen LogP contribution in [-0.4, -0.2) is 9.97 Å². The number of hydrogen-bond donors (Lipinski definition) is 0. The minimum atomic E-state index is -4.36. The van der Waals surface area contributed by atoms with Crippen molar-refractivity contribution in [1.82, 2.24) is 9.97 Å². The monoisotopic (exact) mass is 300 g/mol. The molecule has 0 saturated heterocycles. The van der Waals surface area contributed by atoms with Crippen LogP contribution in [0.2, 0.25) is 0 Å². The third-order valence-electron chi connectivity index (χ3n) is 3.26. The number of alkyl halides is 3. The van der Waals surface area contributed by atoms with Gasteiger partial charge in [0.1, 0.15) is 0 Å². The lowest BCUT2D eigenvalue weighted by atomic mass is 10.0. The van der Waals surface area contributed by atoms with Gasteiger partial charge < -0.3 is 0 Å². The Morgan fingerprint density at radius 3 is 2.18 bits per heavy atom. The van der Waals surface area contributed by atoms with Crippen LogP contribution >= 0.6 is 0 Å². The highest BCUT2D eigenvalue weighted by Gasteiger charge is 2.30. The van der Waals surface area contributed by atoms with Crippen molar-refractivity contribution in [3.63, 3.8) is 0 Å². The van der Waals surface area contributed by atoms with E-state index in [1.165, 1.54) is 6.07 Å². The largest absolute Gasteiger partial charge is 0.416 e. The van der Waals surface area contributed by atoms with Gasteiger partial charge in [-0.25, -0.2) is 0 Å². The molecular formula is C17H11F3N2. The normalized spacial score (nSPS) is 11.4. The second kappa shape index (κ2) is 5.60. The summed E-state index contributed by atoms with van der Waals surface area (Å²) in [4.78, 5) is 8.12. The van der Waals surface area contributed by atoms with Crippen LogP contribution in [0.5, 0.6) is 0 Å². The fraction of sp³-hybridized carbons (Fsp3) is 0.0588. The van der Waals surface area contributed by atoms with Gasteiger partial charge in [-0.3, -0.25) is 9.97 Å². The predicted octanol–water partition coefficient (Wildman–Crippen LogP) is 4.83. The first-order valence-electron chi connectivity index (χ1n) is 6.58. The summed E-state index contributed by atoms with van der Waals surface area (Å²) in [6.07, 6.45) is 0.559. The first-order valence-corrected chi connectivity index (χ1v) is 6.58. The fourth-order valence-corrected chi connectivity index (χ4v) is 2.17. The molecule has 0 fully saturated rings. The van der Waals surface area contributed by atoms with Crippen LogP contribution < -0.4 is 0 Å². The van der Waals surface area contributed by atoms with E-state index in [9.17, 15) is 13.2 Å². The summed E-state index contributed by atoms with van der Waals surface area (Å²) in [7, 11) is 0. The van der Waals surface area contributed by atoms with Gasteiger partial charge in [-0.05, 0) is 47.5 Å². The van der Waals surface area contributed by atoms with Gasteiger partial charge in [0, 0.05) is 24.2 Å². The molecule has 2 aromatic heterocycles. The zero-order valence-corrected chi connectivity index (χ0v) is 11.4.